The molecule has 0 bridgehead atoms. The monoisotopic (exact) mass is 267 g/mol. The van der Waals surface area contributed by atoms with Gasteiger partial charge in [0, 0.05) is 0 Å². The van der Waals surface area contributed by atoms with E-state index in [9.17, 15) is 9.90 Å². The lowest BCUT2D eigenvalue weighted by molar-refractivity contribution is -0.126. The van der Waals surface area contributed by atoms with Gasteiger partial charge in [-0.3, -0.25) is 4.79 Å². The number of benzene rings is 1. The van der Waals surface area contributed by atoms with Crippen molar-refractivity contribution in [3.63, 3.8) is 0 Å². The Balaban J connectivity index is 2.38. The number of nitrogens with zero attached hydrogens (tertiary/aromatic N) is 1. The van der Waals surface area contributed by atoms with E-state index in [0.29, 0.717) is 17.0 Å². The molecule has 1 heterocycles. The van der Waals surface area contributed by atoms with Crippen molar-refractivity contribution in [1.82, 2.24) is 0 Å². The van der Waals surface area contributed by atoms with Gasteiger partial charge in [-0.1, -0.05) is 6.07 Å². The molecule has 19 heavy (non-hydrogen) atoms. The fraction of sp³-hybridized carbons (Fsp3) is 0.462. The van der Waals surface area contributed by atoms with Crippen LogP contribution in [-0.2, 0) is 11.4 Å². The minimum atomic E-state index is -1.01. The first kappa shape index (κ1) is 13.8. The molecule has 3 N–H and O–H groups in total. The summed E-state index contributed by atoms with van der Waals surface area (Å²) in [7, 11) is 0. The van der Waals surface area contributed by atoms with Crippen LogP contribution in [0.5, 0.6) is 5.75 Å². The Labute approximate surface area is 110 Å². The summed E-state index contributed by atoms with van der Waals surface area (Å²) in [6, 6.07) is 5.04. The molecule has 0 fully saturated rings. The van der Waals surface area contributed by atoms with E-state index in [-0.39, 0.29) is 19.1 Å². The van der Waals surface area contributed by atoms with Crippen LogP contribution in [0.4, 0.5) is 5.69 Å². The maximum atomic E-state index is 12.1. The van der Waals surface area contributed by atoms with Gasteiger partial charge in [0.1, 0.15) is 5.75 Å². The van der Waals surface area contributed by atoms with Crippen LogP contribution in [0.25, 0.3) is 0 Å². The third-order valence-electron chi connectivity index (χ3n) is 3.02. The first-order valence-electron chi connectivity index (χ1n) is 6.07. The Morgan fingerprint density at radius 2 is 2.16 bits per heavy atom. The molecule has 1 aromatic rings. The molecular weight excluding hydrogens is 250 g/mol. The predicted octanol–water partition coefficient (Wildman–Crippen LogP) is -0.354. The number of β-amino-alcohol motifs (C(OH)–C–C–N with tert-alkyl or cyclic N) is 1. The zero-order valence-corrected chi connectivity index (χ0v) is 10.6. The highest BCUT2D eigenvalue weighted by molar-refractivity contribution is 5.99. The van der Waals surface area contributed by atoms with E-state index in [2.05, 4.69) is 0 Å². The van der Waals surface area contributed by atoms with Crippen molar-refractivity contribution >= 4 is 11.6 Å². The number of fused-ring (bicyclic) bond motifs is 1. The molecule has 2 atom stereocenters. The van der Waals surface area contributed by atoms with Crippen LogP contribution >= 0.6 is 0 Å². The van der Waals surface area contributed by atoms with Crippen molar-refractivity contribution in [1.29, 1.82) is 0 Å². The van der Waals surface area contributed by atoms with Crippen LogP contribution in [0, 0.1) is 0 Å². The molecule has 104 valence electrons. The second kappa shape index (κ2) is 5.56. The zero-order valence-electron chi connectivity index (χ0n) is 10.6. The summed E-state index contributed by atoms with van der Waals surface area (Å²) in [4.78, 5) is 13.5. The quantitative estimate of drug-likeness (QED) is 0.693. The number of aliphatic hydroxyl groups is 3. The van der Waals surface area contributed by atoms with Crippen LogP contribution in [0.3, 0.4) is 0 Å². The molecule has 1 amide bonds. The van der Waals surface area contributed by atoms with Gasteiger partial charge in [0.05, 0.1) is 31.5 Å². The maximum Gasteiger partial charge on any atom is 0.267 e. The maximum absolute atomic E-state index is 12.1. The fourth-order valence-electron chi connectivity index (χ4n) is 2.01. The standard InChI is InChI=1S/C13H17NO5/c1-8-13(18)14(5-10(17)7-16)11-4-9(6-15)2-3-12(11)19-8/h2-4,8,10,15-17H,5-7H2,1H3. The van der Waals surface area contributed by atoms with Gasteiger partial charge in [0.2, 0.25) is 0 Å². The number of hydrogen-bond acceptors (Lipinski definition) is 5. The number of carbonyl (C=O) groups is 1. The van der Waals surface area contributed by atoms with Crippen molar-refractivity contribution in [2.75, 3.05) is 18.1 Å². The van der Waals surface area contributed by atoms with E-state index in [1.807, 2.05) is 0 Å². The Kier molecular flexibility index (Phi) is 4.04. The van der Waals surface area contributed by atoms with Crippen molar-refractivity contribution < 1.29 is 24.9 Å². The smallest absolute Gasteiger partial charge is 0.267 e. The average molecular weight is 267 g/mol. The number of hydrogen-bond donors (Lipinski definition) is 3. The second-order valence-corrected chi connectivity index (χ2v) is 4.51. The molecule has 0 spiro atoms. The first-order valence-corrected chi connectivity index (χ1v) is 6.07. The number of ether oxygens (including phenoxy) is 1. The molecule has 2 unspecified atom stereocenters. The van der Waals surface area contributed by atoms with Crippen LogP contribution in [0.15, 0.2) is 18.2 Å². The first-order chi connectivity index (χ1) is 9.06. The van der Waals surface area contributed by atoms with Crippen molar-refractivity contribution in [2.24, 2.45) is 0 Å². The molecule has 6 heteroatoms. The molecular formula is C13H17NO5. The third kappa shape index (κ3) is 2.70. The van der Waals surface area contributed by atoms with E-state index < -0.39 is 18.8 Å². The van der Waals surface area contributed by atoms with Crippen LogP contribution in [-0.4, -0.2) is 46.6 Å². The molecule has 0 radical (unpaired) electrons. The third-order valence-corrected chi connectivity index (χ3v) is 3.02. The largest absolute Gasteiger partial charge is 0.479 e. The molecule has 2 rings (SSSR count). The van der Waals surface area contributed by atoms with Crippen molar-refractivity contribution in [3.05, 3.63) is 23.8 Å². The Hall–Kier alpha value is -1.63. The Bertz CT molecular complexity index is 476. The molecule has 1 aliphatic heterocycles. The minimum absolute atomic E-state index is 0.00901. The number of rotatable bonds is 4. The van der Waals surface area contributed by atoms with E-state index in [1.54, 1.807) is 25.1 Å². The summed E-state index contributed by atoms with van der Waals surface area (Å²) < 4.78 is 5.47. The van der Waals surface area contributed by atoms with Gasteiger partial charge >= 0.3 is 0 Å². The summed E-state index contributed by atoms with van der Waals surface area (Å²) in [6.45, 7) is 1.05. The van der Waals surface area contributed by atoms with Crippen LogP contribution in [0.2, 0.25) is 0 Å². The van der Waals surface area contributed by atoms with E-state index >= 15 is 0 Å². The van der Waals surface area contributed by atoms with E-state index in [4.69, 9.17) is 14.9 Å². The normalized spacial score (nSPS) is 19.9. The second-order valence-electron chi connectivity index (χ2n) is 4.51. The lowest BCUT2D eigenvalue weighted by Crippen LogP contribution is -2.48. The fourth-order valence-corrected chi connectivity index (χ4v) is 2.01. The summed E-state index contributed by atoms with van der Waals surface area (Å²) >= 11 is 0. The number of aliphatic hydroxyl groups excluding tert-OH is 3. The summed E-state index contributed by atoms with van der Waals surface area (Å²) in [5.74, 6) is 0.240. The van der Waals surface area contributed by atoms with Gasteiger partial charge in [0.25, 0.3) is 5.91 Å². The topological polar surface area (TPSA) is 90.2 Å². The van der Waals surface area contributed by atoms with Gasteiger partial charge in [-0.2, -0.15) is 0 Å². The van der Waals surface area contributed by atoms with Gasteiger partial charge in [0.15, 0.2) is 6.10 Å². The SMILES string of the molecule is CC1Oc2ccc(CO)cc2N(CC(O)CO)C1=O. The number of anilines is 1. The molecule has 0 aliphatic carbocycles. The van der Waals surface area contributed by atoms with Crippen LogP contribution in [0.1, 0.15) is 12.5 Å². The van der Waals surface area contributed by atoms with Crippen LogP contribution < -0.4 is 9.64 Å². The number of carbonyl (C=O) groups excluding carboxylic acids is 1. The molecule has 6 nitrogen and oxygen atoms in total. The molecule has 1 aliphatic rings. The number of amides is 1. The molecule has 1 aromatic carbocycles. The van der Waals surface area contributed by atoms with E-state index in [1.165, 1.54) is 4.90 Å². The molecule has 0 saturated carbocycles. The van der Waals surface area contributed by atoms with Gasteiger partial charge in [-0.05, 0) is 24.6 Å². The summed E-state index contributed by atoms with van der Waals surface area (Å²) in [6.07, 6.45) is -1.65. The highest BCUT2D eigenvalue weighted by Gasteiger charge is 2.32. The molecule has 0 aromatic heterocycles. The van der Waals surface area contributed by atoms with Crippen molar-refractivity contribution in [3.8, 4) is 5.75 Å². The minimum Gasteiger partial charge on any atom is -0.479 e. The predicted molar refractivity (Wildman–Crippen MR) is 67.9 cm³/mol. The summed E-state index contributed by atoms with van der Waals surface area (Å²) in [5, 5.41) is 27.6. The van der Waals surface area contributed by atoms with Crippen molar-refractivity contribution in [2.45, 2.75) is 25.7 Å². The molecule has 0 saturated heterocycles. The highest BCUT2D eigenvalue weighted by atomic mass is 16.5. The Morgan fingerprint density at radius 1 is 1.42 bits per heavy atom. The van der Waals surface area contributed by atoms with Gasteiger partial charge in [-0.15, -0.1) is 0 Å². The highest BCUT2D eigenvalue weighted by Crippen LogP contribution is 2.35. The van der Waals surface area contributed by atoms with Gasteiger partial charge < -0.3 is 25.0 Å². The zero-order chi connectivity index (χ0) is 14.0. The summed E-state index contributed by atoms with van der Waals surface area (Å²) in [5.41, 5.74) is 1.15. The lowest BCUT2D eigenvalue weighted by atomic mass is 10.1. The Morgan fingerprint density at radius 3 is 2.79 bits per heavy atom. The van der Waals surface area contributed by atoms with E-state index in [0.717, 1.165) is 0 Å². The average Bonchev–Trinajstić information content (AvgIpc) is 2.43. The lowest BCUT2D eigenvalue weighted by Gasteiger charge is -2.34. The van der Waals surface area contributed by atoms with Gasteiger partial charge in [-0.25, -0.2) is 0 Å².